The fourth-order valence-corrected chi connectivity index (χ4v) is 5.92. The highest BCUT2D eigenvalue weighted by Crippen LogP contribution is 2.48. The van der Waals surface area contributed by atoms with Gasteiger partial charge in [-0.3, -0.25) is 4.98 Å². The largest absolute Gasteiger partial charge is 0.250 e. The van der Waals surface area contributed by atoms with E-state index in [4.69, 9.17) is 15.0 Å². The van der Waals surface area contributed by atoms with Crippen molar-refractivity contribution in [2.45, 2.75) is 17.1 Å². The van der Waals surface area contributed by atoms with Gasteiger partial charge in [0.1, 0.15) is 0 Å². The minimum Gasteiger partial charge on any atom is -0.250 e. The highest BCUT2D eigenvalue weighted by Gasteiger charge is 2.43. The molecule has 6 heteroatoms. The van der Waals surface area contributed by atoms with Crippen molar-refractivity contribution in [1.82, 2.24) is 15.0 Å². The Morgan fingerprint density at radius 1 is 0.710 bits per heavy atom. The maximum absolute atomic E-state index is 13.8. The van der Waals surface area contributed by atoms with E-state index in [1.54, 1.807) is 12.1 Å². The normalized spacial score (nSPS) is 15.2. The van der Waals surface area contributed by atoms with Crippen LogP contribution in [0.1, 0.15) is 22.2 Å². The maximum atomic E-state index is 13.8. The fourth-order valence-electron chi connectivity index (χ4n) is 4.20. The van der Waals surface area contributed by atoms with E-state index >= 15 is 0 Å². The smallest absolute Gasteiger partial charge is 0.192 e. The molecule has 0 spiro atoms. The third-order valence-electron chi connectivity index (χ3n) is 5.76. The molecule has 6 rings (SSSR count). The van der Waals surface area contributed by atoms with Crippen molar-refractivity contribution in [2.75, 3.05) is 0 Å². The van der Waals surface area contributed by atoms with Gasteiger partial charge in [0.05, 0.1) is 38.5 Å². The van der Waals surface area contributed by atoms with E-state index in [0.717, 1.165) is 27.5 Å². The van der Waals surface area contributed by atoms with E-state index in [9.17, 15) is 8.42 Å². The van der Waals surface area contributed by atoms with Gasteiger partial charge in [0, 0.05) is 10.9 Å². The van der Waals surface area contributed by atoms with Crippen LogP contribution in [0.15, 0.2) is 83.8 Å². The number of pyridine rings is 1. The van der Waals surface area contributed by atoms with E-state index in [0.29, 0.717) is 22.6 Å². The van der Waals surface area contributed by atoms with Crippen molar-refractivity contribution in [3.63, 3.8) is 0 Å². The second-order valence-electron chi connectivity index (χ2n) is 7.80. The molecule has 1 atom stereocenters. The molecule has 0 aliphatic heterocycles. The van der Waals surface area contributed by atoms with Crippen LogP contribution in [0.3, 0.4) is 0 Å². The zero-order valence-electron chi connectivity index (χ0n) is 16.6. The number of aryl methyl sites for hydroxylation is 1. The third-order valence-corrected chi connectivity index (χ3v) is 7.76. The zero-order valence-corrected chi connectivity index (χ0v) is 17.5. The molecule has 2 aromatic heterocycles. The van der Waals surface area contributed by atoms with Crippen molar-refractivity contribution in [3.05, 3.63) is 95.8 Å². The number of hydrogen-bond donors (Lipinski definition) is 0. The van der Waals surface area contributed by atoms with Crippen molar-refractivity contribution < 1.29 is 8.42 Å². The van der Waals surface area contributed by atoms with Gasteiger partial charge in [-0.05, 0) is 43.3 Å². The van der Waals surface area contributed by atoms with Gasteiger partial charge >= 0.3 is 0 Å². The van der Waals surface area contributed by atoms with Crippen LogP contribution in [0.5, 0.6) is 0 Å². The Hall–Kier alpha value is -3.64. The summed E-state index contributed by atoms with van der Waals surface area (Å²) >= 11 is 0. The number of hydrogen-bond acceptors (Lipinski definition) is 5. The van der Waals surface area contributed by atoms with E-state index in [-0.39, 0.29) is 4.90 Å². The molecule has 1 aliphatic rings. The second-order valence-corrected chi connectivity index (χ2v) is 9.83. The lowest BCUT2D eigenvalue weighted by molar-refractivity contribution is 0.588. The van der Waals surface area contributed by atoms with Gasteiger partial charge in [0.15, 0.2) is 15.1 Å². The molecular weight excluding hydrogens is 406 g/mol. The predicted octanol–water partition coefficient (Wildman–Crippen LogP) is 5.03. The molecule has 150 valence electrons. The molecule has 3 aromatic carbocycles. The average molecular weight is 423 g/mol. The van der Waals surface area contributed by atoms with Crippen molar-refractivity contribution in [3.8, 4) is 11.3 Å². The van der Waals surface area contributed by atoms with Crippen LogP contribution in [-0.2, 0) is 9.84 Å². The summed E-state index contributed by atoms with van der Waals surface area (Å²) in [5.74, 6) is 0. The van der Waals surface area contributed by atoms with Crippen molar-refractivity contribution in [1.29, 1.82) is 0 Å². The third kappa shape index (κ3) is 2.68. The molecule has 0 amide bonds. The molecule has 1 unspecified atom stereocenters. The molecule has 5 aromatic rings. The zero-order chi connectivity index (χ0) is 21.2. The molecule has 0 N–H and O–H groups in total. The summed E-state index contributed by atoms with van der Waals surface area (Å²) in [6.45, 7) is 1.93. The molecule has 2 heterocycles. The number of aromatic nitrogens is 3. The summed E-state index contributed by atoms with van der Waals surface area (Å²) in [7, 11) is -3.78. The average Bonchev–Trinajstić information content (AvgIpc) is 3.09. The lowest BCUT2D eigenvalue weighted by Gasteiger charge is -2.14. The Morgan fingerprint density at radius 2 is 1.32 bits per heavy atom. The molecule has 0 bridgehead atoms. The van der Waals surface area contributed by atoms with Gasteiger partial charge in [0.2, 0.25) is 0 Å². The standard InChI is InChI=1S/C25H17N3O2S/c1-15-10-12-17(13-11-15)31(29,30)25-23-18(14-16-6-2-3-7-19(16)26-23)22-24(25)28-21-9-5-4-8-20(21)27-22/h2-14,25H,1H3. The Kier molecular flexibility index (Phi) is 3.76. The van der Waals surface area contributed by atoms with Gasteiger partial charge in [0.25, 0.3) is 0 Å². The van der Waals surface area contributed by atoms with Crippen LogP contribution >= 0.6 is 0 Å². The predicted molar refractivity (Wildman–Crippen MR) is 120 cm³/mol. The van der Waals surface area contributed by atoms with Crippen LogP contribution in [0, 0.1) is 6.92 Å². The Bertz CT molecular complexity index is 1520. The Balaban J connectivity index is 1.69. The summed E-state index contributed by atoms with van der Waals surface area (Å²) in [6, 6.07) is 24.1. The van der Waals surface area contributed by atoms with Crippen molar-refractivity contribution in [2.24, 2.45) is 0 Å². The molecular formula is C25H17N3O2S. The first-order valence-corrected chi connectivity index (χ1v) is 11.5. The minimum atomic E-state index is -3.78. The minimum absolute atomic E-state index is 0.256. The molecule has 31 heavy (non-hydrogen) atoms. The first kappa shape index (κ1) is 18.2. The Morgan fingerprint density at radius 3 is 2.06 bits per heavy atom. The van der Waals surface area contributed by atoms with Crippen LogP contribution in [0.2, 0.25) is 0 Å². The van der Waals surface area contributed by atoms with Crippen LogP contribution in [-0.4, -0.2) is 23.4 Å². The van der Waals surface area contributed by atoms with E-state index < -0.39 is 15.1 Å². The molecule has 0 radical (unpaired) electrons. The summed E-state index contributed by atoms with van der Waals surface area (Å²) in [5, 5.41) is -0.0579. The SMILES string of the molecule is Cc1ccc(S(=O)(=O)C2c3nc4ccccc4cc3-c3nc4ccccc4nc32)cc1. The lowest BCUT2D eigenvalue weighted by atomic mass is 10.1. The van der Waals surface area contributed by atoms with Gasteiger partial charge < -0.3 is 0 Å². The number of benzene rings is 3. The highest BCUT2D eigenvalue weighted by molar-refractivity contribution is 7.92. The fraction of sp³-hybridized carbons (Fsp3) is 0.0800. The summed E-state index contributed by atoms with van der Waals surface area (Å²) < 4.78 is 27.7. The van der Waals surface area contributed by atoms with E-state index in [1.807, 2.05) is 73.7 Å². The van der Waals surface area contributed by atoms with Gasteiger partial charge in [-0.25, -0.2) is 18.4 Å². The number of sulfone groups is 1. The van der Waals surface area contributed by atoms with Crippen LogP contribution < -0.4 is 0 Å². The first-order chi connectivity index (χ1) is 15.0. The second kappa shape index (κ2) is 6.43. The molecule has 5 nitrogen and oxygen atoms in total. The first-order valence-electron chi connectivity index (χ1n) is 10.00. The number of rotatable bonds is 2. The van der Waals surface area contributed by atoms with E-state index in [2.05, 4.69) is 0 Å². The van der Waals surface area contributed by atoms with E-state index in [1.165, 1.54) is 0 Å². The van der Waals surface area contributed by atoms with Gasteiger partial charge in [-0.1, -0.05) is 48.0 Å². The number of fused-ring (bicyclic) bond motifs is 5. The maximum Gasteiger partial charge on any atom is 0.192 e. The van der Waals surface area contributed by atoms with Crippen LogP contribution in [0.25, 0.3) is 33.2 Å². The lowest BCUT2D eigenvalue weighted by Crippen LogP contribution is -2.15. The molecule has 0 saturated carbocycles. The summed E-state index contributed by atoms with van der Waals surface area (Å²) in [4.78, 5) is 14.6. The molecule has 1 aliphatic carbocycles. The number of nitrogens with zero attached hydrogens (tertiary/aromatic N) is 3. The number of para-hydroxylation sites is 3. The summed E-state index contributed by atoms with van der Waals surface area (Å²) in [5.41, 5.74) is 5.40. The molecule has 0 saturated heterocycles. The van der Waals surface area contributed by atoms with Gasteiger partial charge in [-0.15, -0.1) is 0 Å². The monoisotopic (exact) mass is 423 g/mol. The van der Waals surface area contributed by atoms with Crippen LogP contribution in [0.4, 0.5) is 0 Å². The summed E-state index contributed by atoms with van der Waals surface area (Å²) in [6.07, 6.45) is 0. The topological polar surface area (TPSA) is 72.8 Å². The van der Waals surface area contributed by atoms with Crippen molar-refractivity contribution >= 4 is 31.8 Å². The van der Waals surface area contributed by atoms with Gasteiger partial charge in [-0.2, -0.15) is 0 Å². The highest BCUT2D eigenvalue weighted by atomic mass is 32.2. The molecule has 0 fully saturated rings. The Labute approximate surface area is 179 Å². The quantitative estimate of drug-likeness (QED) is 0.398.